The molecule has 0 fully saturated rings. The van der Waals surface area contributed by atoms with E-state index < -0.39 is 0 Å². The zero-order valence-corrected chi connectivity index (χ0v) is 9.19. The van der Waals surface area contributed by atoms with Crippen LogP contribution in [0.4, 0.5) is 5.69 Å². The van der Waals surface area contributed by atoms with Gasteiger partial charge in [-0.15, -0.1) is 11.8 Å². The zero-order valence-electron chi connectivity index (χ0n) is 8.37. The molecule has 0 aliphatic rings. The minimum absolute atomic E-state index is 0.874. The highest BCUT2D eigenvalue weighted by Crippen LogP contribution is 2.19. The number of rotatable bonds is 4. The van der Waals surface area contributed by atoms with E-state index in [0.29, 0.717) is 0 Å². The molecule has 0 unspecified atom stereocenters. The Morgan fingerprint density at radius 3 is 2.38 bits per heavy atom. The molecule has 0 saturated carbocycles. The second-order valence-electron chi connectivity index (χ2n) is 2.91. The van der Waals surface area contributed by atoms with E-state index in [-0.39, 0.29) is 0 Å². The molecule has 0 bridgehead atoms. The summed E-state index contributed by atoms with van der Waals surface area (Å²) in [6, 6.07) is 8.57. The van der Waals surface area contributed by atoms with Crippen LogP contribution in [0.3, 0.4) is 0 Å². The first kappa shape index (κ1) is 10.4. The molecule has 0 aliphatic heterocycles. The first-order valence-electron chi connectivity index (χ1n) is 4.27. The third-order valence-corrected chi connectivity index (χ3v) is 2.65. The minimum Gasteiger partial charge on any atom is -0.362 e. The summed E-state index contributed by atoms with van der Waals surface area (Å²) in [5.74, 6) is 0. The predicted octanol–water partition coefficient (Wildman–Crippen LogP) is 2.02. The standard InChI is InChI=1S/C10H16N2S/c1-11-8-12(2)9-4-6-10(13-3)7-5-9/h4-7,11H,8H2,1-3H3. The molecule has 1 aromatic carbocycles. The first-order valence-corrected chi connectivity index (χ1v) is 5.50. The van der Waals surface area contributed by atoms with Crippen LogP contribution in [0.15, 0.2) is 29.2 Å². The van der Waals surface area contributed by atoms with Gasteiger partial charge >= 0.3 is 0 Å². The van der Waals surface area contributed by atoms with Gasteiger partial charge in [-0.05, 0) is 37.6 Å². The number of nitrogens with zero attached hydrogens (tertiary/aromatic N) is 1. The number of hydrogen-bond acceptors (Lipinski definition) is 3. The molecular formula is C10H16N2S. The van der Waals surface area contributed by atoms with Crippen molar-refractivity contribution in [1.82, 2.24) is 5.32 Å². The average Bonchev–Trinajstić information content (AvgIpc) is 2.18. The van der Waals surface area contributed by atoms with Crippen LogP contribution >= 0.6 is 11.8 Å². The molecular weight excluding hydrogens is 180 g/mol. The third-order valence-electron chi connectivity index (χ3n) is 1.91. The van der Waals surface area contributed by atoms with Gasteiger partial charge in [0, 0.05) is 17.6 Å². The molecule has 0 aliphatic carbocycles. The van der Waals surface area contributed by atoms with E-state index in [9.17, 15) is 0 Å². The Labute approximate surface area is 84.3 Å². The number of hydrogen-bond donors (Lipinski definition) is 1. The molecule has 0 amide bonds. The van der Waals surface area contributed by atoms with Crippen LogP contribution < -0.4 is 10.2 Å². The monoisotopic (exact) mass is 196 g/mol. The number of anilines is 1. The van der Waals surface area contributed by atoms with E-state index >= 15 is 0 Å². The summed E-state index contributed by atoms with van der Waals surface area (Å²) in [4.78, 5) is 3.48. The van der Waals surface area contributed by atoms with Gasteiger partial charge in [0.1, 0.15) is 0 Å². The van der Waals surface area contributed by atoms with Gasteiger partial charge in [0.2, 0.25) is 0 Å². The fourth-order valence-electron chi connectivity index (χ4n) is 1.17. The van der Waals surface area contributed by atoms with Crippen LogP contribution in [0.1, 0.15) is 0 Å². The van der Waals surface area contributed by atoms with Crippen LogP contribution in [-0.2, 0) is 0 Å². The van der Waals surface area contributed by atoms with Gasteiger partial charge in [0.15, 0.2) is 0 Å². The molecule has 0 heterocycles. The Kier molecular flexibility index (Phi) is 4.12. The highest BCUT2D eigenvalue weighted by molar-refractivity contribution is 7.98. The van der Waals surface area contributed by atoms with Crippen molar-refractivity contribution in [2.75, 3.05) is 31.9 Å². The second kappa shape index (κ2) is 5.14. The molecule has 0 saturated heterocycles. The average molecular weight is 196 g/mol. The van der Waals surface area contributed by atoms with E-state index in [1.165, 1.54) is 10.6 Å². The smallest absolute Gasteiger partial charge is 0.0676 e. The topological polar surface area (TPSA) is 15.3 Å². The van der Waals surface area contributed by atoms with Crippen molar-refractivity contribution in [2.45, 2.75) is 4.90 Å². The van der Waals surface area contributed by atoms with Crippen molar-refractivity contribution in [1.29, 1.82) is 0 Å². The van der Waals surface area contributed by atoms with Crippen molar-refractivity contribution in [3.05, 3.63) is 24.3 Å². The SMILES string of the molecule is CNCN(C)c1ccc(SC)cc1. The molecule has 1 rings (SSSR count). The van der Waals surface area contributed by atoms with Crippen LogP contribution in [0, 0.1) is 0 Å². The number of benzene rings is 1. The molecule has 1 aromatic rings. The lowest BCUT2D eigenvalue weighted by atomic mass is 10.3. The van der Waals surface area contributed by atoms with Crippen molar-refractivity contribution in [2.24, 2.45) is 0 Å². The van der Waals surface area contributed by atoms with Crippen LogP contribution in [-0.4, -0.2) is 27.0 Å². The number of thioether (sulfide) groups is 1. The molecule has 3 heteroatoms. The summed E-state index contributed by atoms with van der Waals surface area (Å²) in [5.41, 5.74) is 1.24. The maximum absolute atomic E-state index is 3.12. The Bertz CT molecular complexity index is 246. The van der Waals surface area contributed by atoms with Crippen molar-refractivity contribution in [3.63, 3.8) is 0 Å². The quantitative estimate of drug-likeness (QED) is 0.586. The van der Waals surface area contributed by atoms with Gasteiger partial charge in [-0.3, -0.25) is 0 Å². The molecule has 1 N–H and O–H groups in total. The summed E-state index contributed by atoms with van der Waals surface area (Å²) >= 11 is 1.77. The van der Waals surface area contributed by atoms with Gasteiger partial charge < -0.3 is 10.2 Å². The van der Waals surface area contributed by atoms with E-state index in [2.05, 4.69) is 47.8 Å². The van der Waals surface area contributed by atoms with E-state index in [0.717, 1.165) is 6.67 Å². The largest absolute Gasteiger partial charge is 0.362 e. The van der Waals surface area contributed by atoms with Crippen molar-refractivity contribution < 1.29 is 0 Å². The van der Waals surface area contributed by atoms with E-state index in [1.807, 2.05) is 7.05 Å². The maximum Gasteiger partial charge on any atom is 0.0676 e. The molecule has 2 nitrogen and oxygen atoms in total. The summed E-state index contributed by atoms with van der Waals surface area (Å²) in [6.45, 7) is 0.874. The lowest BCUT2D eigenvalue weighted by molar-refractivity contribution is 0.776. The Balaban J connectivity index is 2.67. The fourth-order valence-corrected chi connectivity index (χ4v) is 1.57. The normalized spacial score (nSPS) is 10.1. The zero-order chi connectivity index (χ0) is 9.68. The minimum atomic E-state index is 0.874. The maximum atomic E-state index is 3.12. The van der Waals surface area contributed by atoms with E-state index in [4.69, 9.17) is 0 Å². The molecule has 0 aromatic heterocycles. The lowest BCUT2D eigenvalue weighted by Crippen LogP contribution is -2.28. The summed E-state index contributed by atoms with van der Waals surface area (Å²) in [5, 5.41) is 3.12. The van der Waals surface area contributed by atoms with Gasteiger partial charge in [-0.25, -0.2) is 0 Å². The Morgan fingerprint density at radius 1 is 1.31 bits per heavy atom. The van der Waals surface area contributed by atoms with Gasteiger partial charge in [0.05, 0.1) is 6.67 Å². The van der Waals surface area contributed by atoms with Gasteiger partial charge in [0.25, 0.3) is 0 Å². The molecule has 0 spiro atoms. The summed E-state index contributed by atoms with van der Waals surface area (Å²) < 4.78 is 0. The van der Waals surface area contributed by atoms with Gasteiger partial charge in [-0.1, -0.05) is 0 Å². The van der Waals surface area contributed by atoms with Crippen molar-refractivity contribution >= 4 is 17.4 Å². The first-order chi connectivity index (χ1) is 6.27. The summed E-state index contributed by atoms with van der Waals surface area (Å²) in [7, 11) is 4.03. The van der Waals surface area contributed by atoms with Crippen molar-refractivity contribution in [3.8, 4) is 0 Å². The molecule has 72 valence electrons. The second-order valence-corrected chi connectivity index (χ2v) is 3.79. The Morgan fingerprint density at radius 2 is 1.92 bits per heavy atom. The molecule has 0 atom stereocenters. The predicted molar refractivity (Wildman–Crippen MR) is 60.6 cm³/mol. The highest BCUT2D eigenvalue weighted by atomic mass is 32.2. The molecule has 13 heavy (non-hydrogen) atoms. The molecule has 0 radical (unpaired) electrons. The van der Waals surface area contributed by atoms with Gasteiger partial charge in [-0.2, -0.15) is 0 Å². The van der Waals surface area contributed by atoms with Crippen LogP contribution in [0.25, 0.3) is 0 Å². The highest BCUT2D eigenvalue weighted by Gasteiger charge is 1.97. The van der Waals surface area contributed by atoms with E-state index in [1.54, 1.807) is 11.8 Å². The van der Waals surface area contributed by atoms with Crippen LogP contribution in [0.5, 0.6) is 0 Å². The fraction of sp³-hybridized carbons (Fsp3) is 0.400. The lowest BCUT2D eigenvalue weighted by Gasteiger charge is -2.18. The Hall–Kier alpha value is -0.670. The summed E-state index contributed by atoms with van der Waals surface area (Å²) in [6.07, 6.45) is 2.09. The third kappa shape index (κ3) is 2.94. The number of nitrogens with one attached hydrogen (secondary N) is 1. The van der Waals surface area contributed by atoms with Crippen LogP contribution in [0.2, 0.25) is 0 Å².